The standard InChI is InChI=1S/C16H19F2NO4/c1-10(23-11-4-5-12(17)13(18)8-11)15(22)19-16(9-14(20)21)6-2-3-7-16/h4-5,8,10H,2-3,6-7,9H2,1H3,(H,19,22)(H,20,21). The number of carboxylic acid groups (broad SMARTS) is 1. The zero-order valence-corrected chi connectivity index (χ0v) is 12.8. The number of hydrogen-bond acceptors (Lipinski definition) is 3. The molecule has 1 fully saturated rings. The lowest BCUT2D eigenvalue weighted by molar-refractivity contribution is -0.139. The van der Waals surface area contributed by atoms with Gasteiger partial charge in [-0.3, -0.25) is 9.59 Å². The zero-order valence-electron chi connectivity index (χ0n) is 12.8. The maximum absolute atomic E-state index is 13.1. The summed E-state index contributed by atoms with van der Waals surface area (Å²) < 4.78 is 31.3. The first-order valence-electron chi connectivity index (χ1n) is 7.47. The van der Waals surface area contributed by atoms with E-state index in [2.05, 4.69) is 5.32 Å². The Morgan fingerprint density at radius 1 is 1.30 bits per heavy atom. The summed E-state index contributed by atoms with van der Waals surface area (Å²) in [5.41, 5.74) is -0.755. The highest BCUT2D eigenvalue weighted by molar-refractivity contribution is 5.82. The predicted molar refractivity (Wildman–Crippen MR) is 78.0 cm³/mol. The largest absolute Gasteiger partial charge is 0.481 e. The lowest BCUT2D eigenvalue weighted by Crippen LogP contribution is -2.51. The summed E-state index contributed by atoms with van der Waals surface area (Å²) in [6.45, 7) is 1.47. The maximum Gasteiger partial charge on any atom is 0.305 e. The van der Waals surface area contributed by atoms with Crippen LogP contribution in [0.5, 0.6) is 5.75 Å². The third-order valence-electron chi connectivity index (χ3n) is 4.01. The predicted octanol–water partition coefficient (Wildman–Crippen LogP) is 2.64. The average molecular weight is 327 g/mol. The van der Waals surface area contributed by atoms with Gasteiger partial charge in [-0.15, -0.1) is 0 Å². The van der Waals surface area contributed by atoms with Crippen LogP contribution in [0.3, 0.4) is 0 Å². The molecule has 1 aliphatic carbocycles. The Morgan fingerprint density at radius 3 is 2.52 bits per heavy atom. The highest BCUT2D eigenvalue weighted by Crippen LogP contribution is 2.32. The van der Waals surface area contributed by atoms with Gasteiger partial charge in [0.05, 0.1) is 12.0 Å². The van der Waals surface area contributed by atoms with Crippen LogP contribution in [0.4, 0.5) is 8.78 Å². The van der Waals surface area contributed by atoms with E-state index in [1.54, 1.807) is 0 Å². The van der Waals surface area contributed by atoms with Crippen LogP contribution >= 0.6 is 0 Å². The second-order valence-corrected chi connectivity index (χ2v) is 5.88. The number of rotatable bonds is 6. The zero-order chi connectivity index (χ0) is 17.0. The lowest BCUT2D eigenvalue weighted by atomic mass is 9.93. The molecule has 1 amide bonds. The van der Waals surface area contributed by atoms with Gasteiger partial charge in [-0.2, -0.15) is 0 Å². The van der Waals surface area contributed by atoms with E-state index in [4.69, 9.17) is 9.84 Å². The number of aliphatic carboxylic acids is 1. The molecular weight excluding hydrogens is 308 g/mol. The number of hydrogen-bond donors (Lipinski definition) is 2. The molecule has 1 aromatic rings. The Bertz CT molecular complexity index is 600. The normalized spacial score (nSPS) is 17.5. The molecule has 1 aromatic carbocycles. The van der Waals surface area contributed by atoms with Gasteiger partial charge in [-0.25, -0.2) is 8.78 Å². The Hall–Kier alpha value is -2.18. The molecule has 0 saturated heterocycles. The van der Waals surface area contributed by atoms with Crippen molar-refractivity contribution in [3.05, 3.63) is 29.8 Å². The molecule has 1 saturated carbocycles. The Kier molecular flexibility index (Phi) is 5.18. The van der Waals surface area contributed by atoms with Crippen molar-refractivity contribution in [1.29, 1.82) is 0 Å². The number of benzene rings is 1. The summed E-state index contributed by atoms with van der Waals surface area (Å²) in [7, 11) is 0. The molecule has 0 aliphatic heterocycles. The van der Waals surface area contributed by atoms with Crippen LogP contribution in [0.1, 0.15) is 39.0 Å². The molecule has 1 unspecified atom stereocenters. The van der Waals surface area contributed by atoms with Gasteiger partial charge in [0, 0.05) is 6.07 Å². The van der Waals surface area contributed by atoms with Crippen molar-refractivity contribution in [2.24, 2.45) is 0 Å². The Labute approximate surface area is 132 Å². The van der Waals surface area contributed by atoms with Gasteiger partial charge >= 0.3 is 5.97 Å². The maximum atomic E-state index is 13.1. The minimum atomic E-state index is -1.06. The number of halogens is 2. The molecule has 0 aromatic heterocycles. The van der Waals surface area contributed by atoms with Crippen molar-refractivity contribution >= 4 is 11.9 Å². The molecule has 0 heterocycles. The van der Waals surface area contributed by atoms with Gasteiger partial charge in [-0.1, -0.05) is 12.8 Å². The van der Waals surface area contributed by atoms with Crippen LogP contribution in [-0.4, -0.2) is 28.6 Å². The van der Waals surface area contributed by atoms with Gasteiger partial charge in [-0.05, 0) is 31.9 Å². The minimum absolute atomic E-state index is 0.0326. The number of amides is 1. The SMILES string of the molecule is CC(Oc1ccc(F)c(F)c1)C(=O)NC1(CC(=O)O)CCCC1. The van der Waals surface area contributed by atoms with Gasteiger partial charge < -0.3 is 15.2 Å². The van der Waals surface area contributed by atoms with Crippen molar-refractivity contribution in [3.8, 4) is 5.75 Å². The smallest absolute Gasteiger partial charge is 0.305 e. The van der Waals surface area contributed by atoms with Crippen molar-refractivity contribution in [1.82, 2.24) is 5.32 Å². The van der Waals surface area contributed by atoms with E-state index in [0.717, 1.165) is 25.0 Å². The molecule has 5 nitrogen and oxygen atoms in total. The molecule has 1 atom stereocenters. The summed E-state index contributed by atoms with van der Waals surface area (Å²) in [5.74, 6) is -3.47. The first-order chi connectivity index (χ1) is 10.8. The van der Waals surface area contributed by atoms with Crippen LogP contribution in [0, 0.1) is 11.6 Å². The van der Waals surface area contributed by atoms with E-state index in [0.29, 0.717) is 12.8 Å². The van der Waals surface area contributed by atoms with E-state index >= 15 is 0 Å². The van der Waals surface area contributed by atoms with Crippen molar-refractivity contribution in [3.63, 3.8) is 0 Å². The number of carbonyl (C=O) groups excluding carboxylic acids is 1. The van der Waals surface area contributed by atoms with Crippen LogP contribution in [0.25, 0.3) is 0 Å². The van der Waals surface area contributed by atoms with Crippen LogP contribution in [0.2, 0.25) is 0 Å². The summed E-state index contributed by atoms with van der Waals surface area (Å²) >= 11 is 0. The highest BCUT2D eigenvalue weighted by atomic mass is 19.2. The number of carbonyl (C=O) groups is 2. The second kappa shape index (κ2) is 6.93. The molecule has 2 N–H and O–H groups in total. The second-order valence-electron chi connectivity index (χ2n) is 5.88. The quantitative estimate of drug-likeness (QED) is 0.842. The summed E-state index contributed by atoms with van der Waals surface area (Å²) in [4.78, 5) is 23.3. The molecule has 0 spiro atoms. The third kappa shape index (κ3) is 4.40. The topological polar surface area (TPSA) is 75.6 Å². The van der Waals surface area contributed by atoms with E-state index in [-0.39, 0.29) is 12.2 Å². The average Bonchev–Trinajstić information content (AvgIpc) is 2.90. The fraction of sp³-hybridized carbons (Fsp3) is 0.500. The molecule has 23 heavy (non-hydrogen) atoms. The molecule has 2 rings (SSSR count). The van der Waals surface area contributed by atoms with Crippen LogP contribution < -0.4 is 10.1 Å². The summed E-state index contributed by atoms with van der Waals surface area (Å²) in [6, 6.07) is 3.00. The van der Waals surface area contributed by atoms with Crippen molar-refractivity contribution < 1.29 is 28.2 Å². The van der Waals surface area contributed by atoms with Gasteiger partial charge in [0.15, 0.2) is 17.7 Å². The molecule has 0 bridgehead atoms. The Balaban J connectivity index is 2.00. The summed E-state index contributed by atoms with van der Waals surface area (Å²) in [6.07, 6.45) is 1.81. The molecule has 1 aliphatic rings. The van der Waals surface area contributed by atoms with Crippen molar-refractivity contribution in [2.45, 2.75) is 50.7 Å². The monoisotopic (exact) mass is 327 g/mol. The number of nitrogens with one attached hydrogen (secondary N) is 1. The van der Waals surface area contributed by atoms with Gasteiger partial charge in [0.1, 0.15) is 5.75 Å². The minimum Gasteiger partial charge on any atom is -0.481 e. The van der Waals surface area contributed by atoms with Gasteiger partial charge in [0.25, 0.3) is 5.91 Å². The lowest BCUT2D eigenvalue weighted by Gasteiger charge is -2.30. The highest BCUT2D eigenvalue weighted by Gasteiger charge is 2.38. The summed E-state index contributed by atoms with van der Waals surface area (Å²) in [5, 5.41) is 11.8. The first kappa shape index (κ1) is 17.2. The third-order valence-corrected chi connectivity index (χ3v) is 4.01. The fourth-order valence-corrected chi connectivity index (χ4v) is 2.86. The Morgan fingerprint density at radius 2 is 1.96 bits per heavy atom. The van der Waals surface area contributed by atoms with Crippen LogP contribution in [-0.2, 0) is 9.59 Å². The van der Waals surface area contributed by atoms with E-state index in [9.17, 15) is 18.4 Å². The molecule has 0 radical (unpaired) electrons. The number of ether oxygens (including phenoxy) is 1. The molecule has 7 heteroatoms. The molecular formula is C16H19F2NO4. The van der Waals surface area contributed by atoms with Crippen LogP contribution in [0.15, 0.2) is 18.2 Å². The van der Waals surface area contributed by atoms with Gasteiger partial charge in [0.2, 0.25) is 0 Å². The van der Waals surface area contributed by atoms with E-state index < -0.39 is 35.2 Å². The van der Waals surface area contributed by atoms with E-state index in [1.807, 2.05) is 0 Å². The number of carboxylic acids is 1. The van der Waals surface area contributed by atoms with Crippen molar-refractivity contribution in [2.75, 3.05) is 0 Å². The fourth-order valence-electron chi connectivity index (χ4n) is 2.86. The molecule has 126 valence electrons. The first-order valence-corrected chi connectivity index (χ1v) is 7.47. The van der Waals surface area contributed by atoms with E-state index in [1.165, 1.54) is 13.0 Å².